The van der Waals surface area contributed by atoms with E-state index in [9.17, 15) is 8.42 Å². The van der Waals surface area contributed by atoms with E-state index < -0.39 is 10.2 Å². The van der Waals surface area contributed by atoms with E-state index in [2.05, 4.69) is 23.9 Å². The van der Waals surface area contributed by atoms with Gasteiger partial charge in [0.15, 0.2) is 0 Å². The minimum Gasteiger partial charge on any atom is -0.312 e. The van der Waals surface area contributed by atoms with Gasteiger partial charge in [0.05, 0.1) is 0 Å². The van der Waals surface area contributed by atoms with Gasteiger partial charge in [-0.2, -0.15) is 17.4 Å². The van der Waals surface area contributed by atoms with Crippen molar-refractivity contribution >= 4 is 10.2 Å². The van der Waals surface area contributed by atoms with E-state index in [1.54, 1.807) is 4.31 Å². The van der Waals surface area contributed by atoms with Crippen LogP contribution >= 0.6 is 0 Å². The predicted molar refractivity (Wildman–Crippen MR) is 86.3 cm³/mol. The summed E-state index contributed by atoms with van der Waals surface area (Å²) in [6.07, 6.45) is 6.42. The van der Waals surface area contributed by atoms with Crippen LogP contribution in [0.2, 0.25) is 0 Å². The van der Waals surface area contributed by atoms with Crippen molar-refractivity contribution in [2.24, 2.45) is 5.92 Å². The van der Waals surface area contributed by atoms with Crippen molar-refractivity contribution in [3.8, 4) is 0 Å². The lowest BCUT2D eigenvalue weighted by Gasteiger charge is -2.35. The third-order valence-corrected chi connectivity index (χ3v) is 6.07. The van der Waals surface area contributed by atoms with Gasteiger partial charge >= 0.3 is 0 Å². The molecule has 1 aliphatic carbocycles. The Balaban J connectivity index is 1.93. The van der Waals surface area contributed by atoms with Gasteiger partial charge < -0.3 is 5.32 Å². The smallest absolute Gasteiger partial charge is 0.279 e. The van der Waals surface area contributed by atoms with Crippen LogP contribution in [0.15, 0.2) is 0 Å². The molecule has 2 N–H and O–H groups in total. The number of rotatable bonds is 8. The molecule has 2 fully saturated rings. The summed E-state index contributed by atoms with van der Waals surface area (Å²) in [4.78, 5) is 0. The summed E-state index contributed by atoms with van der Waals surface area (Å²) in [7, 11) is -3.36. The van der Waals surface area contributed by atoms with E-state index in [0.717, 1.165) is 32.2 Å². The fourth-order valence-corrected chi connectivity index (χ4v) is 4.84. The maximum absolute atomic E-state index is 12.6. The van der Waals surface area contributed by atoms with Gasteiger partial charge in [-0.25, -0.2) is 0 Å². The molecule has 1 saturated carbocycles. The molecule has 0 radical (unpaired) electrons. The lowest BCUT2D eigenvalue weighted by atomic mass is 10.1. The lowest BCUT2D eigenvalue weighted by molar-refractivity contribution is 0.240. The van der Waals surface area contributed by atoms with Crippen molar-refractivity contribution in [2.75, 3.05) is 13.1 Å². The zero-order valence-corrected chi connectivity index (χ0v) is 14.5. The van der Waals surface area contributed by atoms with Gasteiger partial charge in [0.25, 0.3) is 10.2 Å². The molecule has 0 aromatic heterocycles. The van der Waals surface area contributed by atoms with E-state index in [4.69, 9.17) is 0 Å². The molecule has 0 spiro atoms. The third kappa shape index (κ3) is 5.51. The van der Waals surface area contributed by atoms with Gasteiger partial charge in [-0.15, -0.1) is 0 Å². The standard InChI is InChI=1S/C15H31N3O2S/c1-12(2)10-13(3)17-21(19,20)18-9-5-4-6-15(18)11-16-14-7-8-14/h12-17H,4-11H2,1-3H3. The molecule has 5 nitrogen and oxygen atoms in total. The first kappa shape index (κ1) is 17.2. The Labute approximate surface area is 130 Å². The third-order valence-electron chi connectivity index (χ3n) is 4.28. The van der Waals surface area contributed by atoms with Crippen LogP contribution < -0.4 is 10.0 Å². The van der Waals surface area contributed by atoms with Gasteiger partial charge in [0, 0.05) is 31.2 Å². The summed E-state index contributed by atoms with van der Waals surface area (Å²) < 4.78 is 29.8. The van der Waals surface area contributed by atoms with Gasteiger partial charge in [-0.3, -0.25) is 0 Å². The van der Waals surface area contributed by atoms with Crippen molar-refractivity contribution in [1.29, 1.82) is 0 Å². The Hall–Kier alpha value is -0.170. The summed E-state index contributed by atoms with van der Waals surface area (Å²) in [5, 5.41) is 3.48. The number of hydrogen-bond donors (Lipinski definition) is 2. The van der Waals surface area contributed by atoms with Crippen molar-refractivity contribution in [3.63, 3.8) is 0 Å². The Bertz CT molecular complexity index is 421. The number of nitrogens with zero attached hydrogens (tertiary/aromatic N) is 1. The quantitative estimate of drug-likeness (QED) is 0.718. The predicted octanol–water partition coefficient (Wildman–Crippen LogP) is 1.86. The van der Waals surface area contributed by atoms with Crippen LogP contribution in [0.5, 0.6) is 0 Å². The van der Waals surface area contributed by atoms with E-state index in [1.807, 2.05) is 6.92 Å². The monoisotopic (exact) mass is 317 g/mol. The Morgan fingerprint density at radius 1 is 1.14 bits per heavy atom. The van der Waals surface area contributed by atoms with Crippen LogP contribution in [0, 0.1) is 5.92 Å². The SMILES string of the molecule is CC(C)CC(C)NS(=O)(=O)N1CCCCC1CNC1CC1. The molecule has 1 heterocycles. The van der Waals surface area contributed by atoms with Crippen LogP contribution in [0.25, 0.3) is 0 Å². The first-order valence-electron chi connectivity index (χ1n) is 8.41. The summed E-state index contributed by atoms with van der Waals surface area (Å²) in [5.74, 6) is 0.497. The van der Waals surface area contributed by atoms with E-state index in [0.29, 0.717) is 18.5 Å². The minimum atomic E-state index is -3.36. The summed E-state index contributed by atoms with van der Waals surface area (Å²) in [5.41, 5.74) is 0. The molecule has 6 heteroatoms. The maximum Gasteiger partial charge on any atom is 0.279 e. The van der Waals surface area contributed by atoms with E-state index in [1.165, 1.54) is 12.8 Å². The Morgan fingerprint density at radius 3 is 2.48 bits per heavy atom. The molecule has 1 aliphatic heterocycles. The van der Waals surface area contributed by atoms with Crippen molar-refractivity contribution in [1.82, 2.24) is 14.3 Å². The molecule has 2 unspecified atom stereocenters. The second kappa shape index (κ2) is 7.40. The molecule has 0 aromatic carbocycles. The molecular formula is C15H31N3O2S. The average molecular weight is 317 g/mol. The van der Waals surface area contributed by atoms with E-state index >= 15 is 0 Å². The number of piperidine rings is 1. The van der Waals surface area contributed by atoms with Crippen molar-refractivity contribution in [3.05, 3.63) is 0 Å². The normalized spacial score (nSPS) is 26.2. The second-order valence-electron chi connectivity index (χ2n) is 7.10. The summed E-state index contributed by atoms with van der Waals surface area (Å²) >= 11 is 0. The highest BCUT2D eigenvalue weighted by atomic mass is 32.2. The van der Waals surface area contributed by atoms with Crippen LogP contribution in [0.1, 0.15) is 59.3 Å². The molecular weight excluding hydrogens is 286 g/mol. The van der Waals surface area contributed by atoms with Crippen LogP contribution in [-0.2, 0) is 10.2 Å². The van der Waals surface area contributed by atoms with Gasteiger partial charge in [-0.1, -0.05) is 20.3 Å². The molecule has 0 aromatic rings. The molecule has 124 valence electrons. The highest BCUT2D eigenvalue weighted by Gasteiger charge is 2.34. The van der Waals surface area contributed by atoms with Crippen LogP contribution in [0.3, 0.4) is 0 Å². The van der Waals surface area contributed by atoms with Crippen molar-refractivity contribution < 1.29 is 8.42 Å². The Morgan fingerprint density at radius 2 is 1.86 bits per heavy atom. The van der Waals surface area contributed by atoms with Crippen LogP contribution in [-0.4, -0.2) is 43.9 Å². The first-order valence-corrected chi connectivity index (χ1v) is 9.85. The molecule has 1 saturated heterocycles. The zero-order valence-electron chi connectivity index (χ0n) is 13.6. The summed E-state index contributed by atoms with van der Waals surface area (Å²) in [6.45, 7) is 7.64. The molecule has 2 aliphatic rings. The maximum atomic E-state index is 12.6. The summed E-state index contributed by atoms with van der Waals surface area (Å²) in [6, 6.07) is 0.737. The first-order chi connectivity index (χ1) is 9.88. The second-order valence-corrected chi connectivity index (χ2v) is 8.75. The number of nitrogens with one attached hydrogen (secondary N) is 2. The molecule has 2 rings (SSSR count). The highest BCUT2D eigenvalue weighted by Crippen LogP contribution is 2.23. The molecule has 21 heavy (non-hydrogen) atoms. The average Bonchev–Trinajstić information content (AvgIpc) is 3.19. The van der Waals surface area contributed by atoms with Gasteiger partial charge in [0.2, 0.25) is 0 Å². The van der Waals surface area contributed by atoms with Crippen LogP contribution in [0.4, 0.5) is 0 Å². The van der Waals surface area contributed by atoms with E-state index in [-0.39, 0.29) is 12.1 Å². The van der Waals surface area contributed by atoms with Gasteiger partial charge in [-0.05, 0) is 44.9 Å². The molecule has 0 bridgehead atoms. The topological polar surface area (TPSA) is 61.4 Å². The fourth-order valence-electron chi connectivity index (χ4n) is 3.16. The number of hydrogen-bond acceptors (Lipinski definition) is 3. The zero-order chi connectivity index (χ0) is 15.5. The fraction of sp³-hybridized carbons (Fsp3) is 1.00. The lowest BCUT2D eigenvalue weighted by Crippen LogP contribution is -2.54. The van der Waals surface area contributed by atoms with Crippen molar-refractivity contribution in [2.45, 2.75) is 77.4 Å². The Kier molecular flexibility index (Phi) is 6.05. The molecule has 0 amide bonds. The highest BCUT2D eigenvalue weighted by molar-refractivity contribution is 7.87. The molecule has 2 atom stereocenters. The van der Waals surface area contributed by atoms with Gasteiger partial charge in [0.1, 0.15) is 0 Å². The largest absolute Gasteiger partial charge is 0.312 e. The minimum absolute atomic E-state index is 0.00559.